The van der Waals surface area contributed by atoms with Gasteiger partial charge in [0.15, 0.2) is 6.10 Å². The van der Waals surface area contributed by atoms with Gasteiger partial charge in [-0.3, -0.25) is 14.9 Å². The average Bonchev–Trinajstić information content (AvgIpc) is 2.64. The first-order chi connectivity index (χ1) is 13.1. The molecule has 0 aliphatic heterocycles. The van der Waals surface area contributed by atoms with Crippen molar-refractivity contribution in [3.63, 3.8) is 0 Å². The Balaban J connectivity index is 2.10. The quantitative estimate of drug-likeness (QED) is 0.454. The Labute approximate surface area is 165 Å². The highest BCUT2D eigenvalue weighted by atomic mass is 16.6. The van der Waals surface area contributed by atoms with Crippen molar-refractivity contribution in [3.05, 3.63) is 33.9 Å². The minimum absolute atomic E-state index is 0.0542. The fourth-order valence-electron chi connectivity index (χ4n) is 3.55. The Morgan fingerprint density at radius 1 is 1.29 bits per heavy atom. The second-order valence-electron chi connectivity index (χ2n) is 7.78. The number of hydrogen-bond donors (Lipinski definition) is 1. The van der Waals surface area contributed by atoms with Crippen LogP contribution in [0.2, 0.25) is 0 Å². The Hall–Kier alpha value is -2.64. The Morgan fingerprint density at radius 3 is 2.57 bits per heavy atom. The molecular weight excluding hydrogens is 362 g/mol. The summed E-state index contributed by atoms with van der Waals surface area (Å²) in [6.45, 7) is 5.81. The van der Waals surface area contributed by atoms with E-state index < -0.39 is 17.0 Å². The van der Waals surface area contributed by atoms with Crippen LogP contribution in [0.15, 0.2) is 18.2 Å². The van der Waals surface area contributed by atoms with Crippen LogP contribution in [0.1, 0.15) is 50.4 Å². The molecule has 1 fully saturated rings. The van der Waals surface area contributed by atoms with Crippen LogP contribution in [0.25, 0.3) is 0 Å². The van der Waals surface area contributed by atoms with Gasteiger partial charge >= 0.3 is 5.97 Å². The number of esters is 1. The van der Waals surface area contributed by atoms with Crippen LogP contribution in [0.3, 0.4) is 0 Å². The second-order valence-corrected chi connectivity index (χ2v) is 7.78. The van der Waals surface area contributed by atoms with Gasteiger partial charge in [-0.1, -0.05) is 26.7 Å². The summed E-state index contributed by atoms with van der Waals surface area (Å²) in [4.78, 5) is 37.3. The molecule has 1 aromatic carbocycles. The first-order valence-electron chi connectivity index (χ1n) is 9.59. The molecular formula is C20H29N3O5. The van der Waals surface area contributed by atoms with Gasteiger partial charge in [0.05, 0.1) is 16.2 Å². The van der Waals surface area contributed by atoms with E-state index in [0.717, 1.165) is 19.3 Å². The third-order valence-corrected chi connectivity index (χ3v) is 5.58. The van der Waals surface area contributed by atoms with Gasteiger partial charge in [-0.2, -0.15) is 0 Å². The van der Waals surface area contributed by atoms with Gasteiger partial charge < -0.3 is 15.0 Å². The summed E-state index contributed by atoms with van der Waals surface area (Å²) < 4.78 is 5.33. The first kappa shape index (κ1) is 21.7. The van der Waals surface area contributed by atoms with E-state index in [2.05, 4.69) is 19.2 Å². The van der Waals surface area contributed by atoms with E-state index in [9.17, 15) is 19.7 Å². The Morgan fingerprint density at radius 2 is 1.96 bits per heavy atom. The Bertz CT molecular complexity index is 749. The van der Waals surface area contributed by atoms with E-state index >= 15 is 0 Å². The molecule has 1 N–H and O–H groups in total. The maximum atomic E-state index is 12.6. The summed E-state index contributed by atoms with van der Waals surface area (Å²) in [6, 6.07) is 4.05. The summed E-state index contributed by atoms with van der Waals surface area (Å²) in [5.74, 6) is -0.224. The molecule has 8 nitrogen and oxygen atoms in total. The molecule has 28 heavy (non-hydrogen) atoms. The van der Waals surface area contributed by atoms with Crippen molar-refractivity contribution in [1.82, 2.24) is 5.32 Å². The van der Waals surface area contributed by atoms with Crippen LogP contribution < -0.4 is 10.2 Å². The predicted octanol–water partition coefficient (Wildman–Crippen LogP) is 3.15. The lowest BCUT2D eigenvalue weighted by atomic mass is 9.78. The number of nitro groups is 1. The van der Waals surface area contributed by atoms with Crippen LogP contribution >= 0.6 is 0 Å². The molecule has 154 valence electrons. The average molecular weight is 391 g/mol. The summed E-state index contributed by atoms with van der Waals surface area (Å²) in [7, 11) is 3.44. The lowest BCUT2D eigenvalue weighted by molar-refractivity contribution is -0.384. The molecule has 1 saturated carbocycles. The topological polar surface area (TPSA) is 102 Å². The first-order valence-corrected chi connectivity index (χ1v) is 9.59. The van der Waals surface area contributed by atoms with Crippen molar-refractivity contribution in [3.8, 4) is 0 Å². The zero-order valence-electron chi connectivity index (χ0n) is 17.1. The van der Waals surface area contributed by atoms with Gasteiger partial charge in [-0.25, -0.2) is 4.79 Å². The molecule has 0 spiro atoms. The number of carbonyl (C=O) groups excluding carboxylic acids is 2. The largest absolute Gasteiger partial charge is 0.449 e. The molecule has 1 amide bonds. The molecule has 4 atom stereocenters. The molecule has 1 aliphatic carbocycles. The number of benzene rings is 1. The van der Waals surface area contributed by atoms with Crippen molar-refractivity contribution < 1.29 is 19.2 Å². The van der Waals surface area contributed by atoms with Crippen LogP contribution in [-0.2, 0) is 9.53 Å². The van der Waals surface area contributed by atoms with Crippen molar-refractivity contribution >= 4 is 23.3 Å². The van der Waals surface area contributed by atoms with E-state index in [1.54, 1.807) is 19.0 Å². The zero-order valence-corrected chi connectivity index (χ0v) is 17.1. The highest BCUT2D eigenvalue weighted by Crippen LogP contribution is 2.30. The van der Waals surface area contributed by atoms with Crippen molar-refractivity contribution in [2.75, 3.05) is 19.0 Å². The molecule has 1 aliphatic rings. The number of carbonyl (C=O) groups is 2. The number of non-ortho nitro benzene ring substituents is 1. The van der Waals surface area contributed by atoms with Gasteiger partial charge in [0.2, 0.25) is 0 Å². The third-order valence-electron chi connectivity index (χ3n) is 5.58. The molecule has 0 radical (unpaired) electrons. The smallest absolute Gasteiger partial charge is 0.341 e. The van der Waals surface area contributed by atoms with Gasteiger partial charge in [-0.05, 0) is 31.2 Å². The normalized spacial score (nSPS) is 22.8. The SMILES string of the molecule is C[C@H]1[C@@H](NC(=O)[C@@H](C)OC(=O)c2cc([N+](=O)[O-])ccc2N(C)C)CCC[C@@H]1C. The van der Waals surface area contributed by atoms with E-state index in [1.165, 1.54) is 25.1 Å². The Kier molecular flexibility index (Phi) is 6.99. The van der Waals surface area contributed by atoms with Gasteiger partial charge in [0, 0.05) is 32.3 Å². The predicted molar refractivity (Wildman–Crippen MR) is 106 cm³/mol. The minimum Gasteiger partial charge on any atom is -0.449 e. The van der Waals surface area contributed by atoms with Crippen molar-refractivity contribution in [1.29, 1.82) is 0 Å². The molecule has 8 heteroatoms. The highest BCUT2D eigenvalue weighted by Gasteiger charge is 2.30. The van der Waals surface area contributed by atoms with Crippen LogP contribution in [0.4, 0.5) is 11.4 Å². The lowest BCUT2D eigenvalue weighted by Crippen LogP contribution is -2.47. The molecule has 0 saturated heterocycles. The number of anilines is 1. The number of rotatable bonds is 6. The van der Waals surface area contributed by atoms with Gasteiger partial charge in [0.1, 0.15) is 0 Å². The summed E-state index contributed by atoms with van der Waals surface area (Å²) in [6.07, 6.45) is 2.13. The highest BCUT2D eigenvalue weighted by molar-refractivity contribution is 5.98. The number of hydrogen-bond acceptors (Lipinski definition) is 6. The zero-order chi connectivity index (χ0) is 21.0. The fraction of sp³-hybridized carbons (Fsp3) is 0.600. The maximum Gasteiger partial charge on any atom is 0.341 e. The summed E-state index contributed by atoms with van der Waals surface area (Å²) in [5, 5.41) is 14.0. The van der Waals surface area contributed by atoms with E-state index in [-0.39, 0.29) is 23.2 Å². The fourth-order valence-corrected chi connectivity index (χ4v) is 3.55. The third kappa shape index (κ3) is 4.99. The number of amides is 1. The maximum absolute atomic E-state index is 12.6. The minimum atomic E-state index is -0.994. The molecule has 2 rings (SSSR count). The van der Waals surface area contributed by atoms with E-state index in [4.69, 9.17) is 4.74 Å². The van der Waals surface area contributed by atoms with Crippen molar-refractivity contribution in [2.24, 2.45) is 11.8 Å². The monoisotopic (exact) mass is 391 g/mol. The van der Waals surface area contributed by atoms with E-state index in [0.29, 0.717) is 17.5 Å². The number of ether oxygens (including phenoxy) is 1. The molecule has 0 bridgehead atoms. The molecule has 0 heterocycles. The number of nitro benzene ring substituents is 1. The second kappa shape index (κ2) is 9.03. The molecule has 0 aromatic heterocycles. The molecule has 0 unspecified atom stereocenters. The lowest BCUT2D eigenvalue weighted by Gasteiger charge is -2.35. The van der Waals surface area contributed by atoms with Crippen LogP contribution in [0.5, 0.6) is 0 Å². The van der Waals surface area contributed by atoms with E-state index in [1.807, 2.05) is 0 Å². The number of nitrogens with one attached hydrogen (secondary N) is 1. The van der Waals surface area contributed by atoms with Crippen molar-refractivity contribution in [2.45, 2.75) is 52.2 Å². The van der Waals surface area contributed by atoms with Crippen LogP contribution in [-0.4, -0.2) is 43.0 Å². The standard InChI is InChI=1S/C20H29N3O5/c1-12-7-6-8-17(13(12)2)21-19(24)14(3)28-20(25)16-11-15(23(26)27)9-10-18(16)22(4)5/h9-14,17H,6-8H2,1-5H3,(H,21,24)/t12-,13+,14+,17-/m0/s1. The molecule has 1 aromatic rings. The van der Waals surface area contributed by atoms with Gasteiger partial charge in [-0.15, -0.1) is 0 Å². The van der Waals surface area contributed by atoms with Crippen LogP contribution in [0, 0.1) is 22.0 Å². The van der Waals surface area contributed by atoms with Gasteiger partial charge in [0.25, 0.3) is 11.6 Å². The summed E-state index contributed by atoms with van der Waals surface area (Å²) >= 11 is 0. The summed E-state index contributed by atoms with van der Waals surface area (Å²) in [5.41, 5.74) is 0.330. The number of nitrogens with zero attached hydrogens (tertiary/aromatic N) is 2.